The van der Waals surface area contributed by atoms with Crippen molar-refractivity contribution in [2.45, 2.75) is 12.8 Å². The molecule has 0 saturated heterocycles. The van der Waals surface area contributed by atoms with Crippen LogP contribution in [0, 0.1) is 0 Å². The molecule has 2 aromatic rings. The van der Waals surface area contributed by atoms with Crippen molar-refractivity contribution in [3.05, 3.63) is 44.9 Å². The quantitative estimate of drug-likeness (QED) is 0.718. The van der Waals surface area contributed by atoms with Crippen LogP contribution < -0.4 is 11.2 Å². The van der Waals surface area contributed by atoms with Gasteiger partial charge in [-0.3, -0.25) is 14.2 Å². The molecule has 0 bridgehead atoms. The van der Waals surface area contributed by atoms with E-state index in [-0.39, 0.29) is 6.61 Å². The molecule has 2 N–H and O–H groups in total. The summed E-state index contributed by atoms with van der Waals surface area (Å²) in [5, 5.41) is 8.70. The number of aromatic amines is 1. The second kappa shape index (κ2) is 4.28. The van der Waals surface area contributed by atoms with Crippen molar-refractivity contribution in [2.24, 2.45) is 0 Å². The van der Waals surface area contributed by atoms with E-state index in [1.165, 1.54) is 10.5 Å². The minimum absolute atomic E-state index is 0.0958. The van der Waals surface area contributed by atoms with E-state index in [0.717, 1.165) is 5.56 Å². The summed E-state index contributed by atoms with van der Waals surface area (Å²) in [6.07, 6.45) is 4.48. The Hall–Kier alpha value is -1.95. The molecule has 2 aromatic heterocycles. The Kier molecular flexibility index (Phi) is 2.82. The zero-order chi connectivity index (χ0) is 11.5. The van der Waals surface area contributed by atoms with Gasteiger partial charge in [0, 0.05) is 25.1 Å². The van der Waals surface area contributed by atoms with Gasteiger partial charge >= 0.3 is 5.69 Å². The lowest BCUT2D eigenvalue weighted by Gasteiger charge is -2.02. The van der Waals surface area contributed by atoms with Gasteiger partial charge in [0.2, 0.25) is 0 Å². The molecule has 6 nitrogen and oxygen atoms in total. The highest BCUT2D eigenvalue weighted by Crippen LogP contribution is 2.01. The van der Waals surface area contributed by atoms with Crippen molar-refractivity contribution in [2.75, 3.05) is 6.61 Å². The predicted molar refractivity (Wildman–Crippen MR) is 57.5 cm³/mol. The highest BCUT2D eigenvalue weighted by atomic mass is 16.3. The van der Waals surface area contributed by atoms with Gasteiger partial charge in [-0.2, -0.15) is 0 Å². The number of aliphatic hydroxyl groups is 1. The number of fused-ring (bicyclic) bond motifs is 1. The van der Waals surface area contributed by atoms with Gasteiger partial charge in [0.05, 0.1) is 0 Å². The van der Waals surface area contributed by atoms with Crippen LogP contribution in [0.25, 0.3) is 5.65 Å². The maximum absolute atomic E-state index is 11.4. The Labute approximate surface area is 90.2 Å². The Morgan fingerprint density at radius 3 is 3.00 bits per heavy atom. The Bertz CT molecular complexity index is 614. The van der Waals surface area contributed by atoms with E-state index in [9.17, 15) is 9.59 Å². The van der Waals surface area contributed by atoms with E-state index in [1.54, 1.807) is 12.4 Å². The summed E-state index contributed by atoms with van der Waals surface area (Å²) in [4.78, 5) is 28.6. The van der Waals surface area contributed by atoms with Crippen molar-refractivity contribution >= 4 is 5.65 Å². The molecule has 16 heavy (non-hydrogen) atoms. The molecular formula is C10H11N3O3. The minimum Gasteiger partial charge on any atom is -0.396 e. The Morgan fingerprint density at radius 2 is 2.25 bits per heavy atom. The lowest BCUT2D eigenvalue weighted by molar-refractivity contribution is 0.288. The fourth-order valence-electron chi connectivity index (χ4n) is 1.48. The predicted octanol–water partition coefficient (Wildman–Crippen LogP) is -0.692. The molecule has 0 aromatic carbocycles. The molecule has 0 aliphatic carbocycles. The van der Waals surface area contributed by atoms with Gasteiger partial charge in [0.25, 0.3) is 5.56 Å². The van der Waals surface area contributed by atoms with Gasteiger partial charge in [0.1, 0.15) is 5.65 Å². The smallest absolute Gasteiger partial charge is 0.334 e. The number of aliphatic hydroxyl groups excluding tert-OH is 1. The van der Waals surface area contributed by atoms with Crippen molar-refractivity contribution in [3.8, 4) is 0 Å². The molecule has 84 valence electrons. The van der Waals surface area contributed by atoms with E-state index >= 15 is 0 Å². The van der Waals surface area contributed by atoms with Gasteiger partial charge in [-0.25, -0.2) is 9.78 Å². The zero-order valence-electron chi connectivity index (χ0n) is 8.51. The van der Waals surface area contributed by atoms with E-state index in [1.807, 2.05) is 0 Å². The summed E-state index contributed by atoms with van der Waals surface area (Å²) in [5.74, 6) is 0. The Morgan fingerprint density at radius 1 is 1.44 bits per heavy atom. The first-order valence-corrected chi connectivity index (χ1v) is 4.92. The highest BCUT2D eigenvalue weighted by molar-refractivity contribution is 5.36. The van der Waals surface area contributed by atoms with Crippen LogP contribution in [-0.4, -0.2) is 26.1 Å². The van der Waals surface area contributed by atoms with Crippen molar-refractivity contribution in [1.82, 2.24) is 14.4 Å². The summed E-state index contributed by atoms with van der Waals surface area (Å²) >= 11 is 0. The summed E-state index contributed by atoms with van der Waals surface area (Å²) in [6.45, 7) is 0.0958. The van der Waals surface area contributed by atoms with Gasteiger partial charge in [-0.1, -0.05) is 0 Å². The molecule has 0 aliphatic heterocycles. The van der Waals surface area contributed by atoms with Gasteiger partial charge in [-0.15, -0.1) is 0 Å². The third-order valence-electron chi connectivity index (χ3n) is 2.24. The highest BCUT2D eigenvalue weighted by Gasteiger charge is 2.01. The van der Waals surface area contributed by atoms with Crippen molar-refractivity contribution in [3.63, 3.8) is 0 Å². The molecule has 6 heteroatoms. The molecule has 0 spiro atoms. The second-order valence-electron chi connectivity index (χ2n) is 3.46. The van der Waals surface area contributed by atoms with Gasteiger partial charge in [0.15, 0.2) is 0 Å². The number of nitrogens with one attached hydrogen (secondary N) is 1. The summed E-state index contributed by atoms with van der Waals surface area (Å²) < 4.78 is 1.29. The van der Waals surface area contributed by atoms with Crippen LogP contribution in [-0.2, 0) is 6.42 Å². The molecule has 0 saturated carbocycles. The van der Waals surface area contributed by atoms with Crippen LogP contribution in [0.4, 0.5) is 0 Å². The molecule has 0 radical (unpaired) electrons. The van der Waals surface area contributed by atoms with E-state index in [2.05, 4.69) is 9.97 Å². The largest absolute Gasteiger partial charge is 0.396 e. The van der Waals surface area contributed by atoms with Crippen molar-refractivity contribution < 1.29 is 5.11 Å². The van der Waals surface area contributed by atoms with Crippen LogP contribution in [0.3, 0.4) is 0 Å². The number of hydrogen-bond donors (Lipinski definition) is 2. The Balaban J connectivity index is 2.53. The lowest BCUT2D eigenvalue weighted by atomic mass is 10.2. The summed E-state index contributed by atoms with van der Waals surface area (Å²) in [7, 11) is 0. The lowest BCUT2D eigenvalue weighted by Crippen LogP contribution is -2.25. The molecule has 0 atom stereocenters. The van der Waals surface area contributed by atoms with Crippen LogP contribution in [0.15, 0.2) is 28.0 Å². The molecule has 0 amide bonds. The molecule has 0 fully saturated rings. The van der Waals surface area contributed by atoms with Crippen molar-refractivity contribution in [1.29, 1.82) is 0 Å². The minimum atomic E-state index is -0.499. The van der Waals surface area contributed by atoms with E-state index in [4.69, 9.17) is 5.11 Å². The standard InChI is InChI=1S/C10H11N3O3/c14-3-1-2-7-5-11-8-4-9(15)12-10(16)13(8)6-7/h4-6,14H,1-3H2,(H,12,15,16). The SMILES string of the molecule is O=c1cc2ncc(CCCO)cn2c(=O)[nH]1. The average Bonchev–Trinajstić information content (AvgIpc) is 2.26. The zero-order valence-corrected chi connectivity index (χ0v) is 8.51. The number of H-pyrrole nitrogens is 1. The molecule has 2 heterocycles. The molecule has 0 unspecified atom stereocenters. The number of rotatable bonds is 3. The summed E-state index contributed by atoms with van der Waals surface area (Å²) in [5.41, 5.74) is 0.207. The normalized spacial score (nSPS) is 10.8. The fraction of sp³-hybridized carbons (Fsp3) is 0.300. The number of aromatic nitrogens is 3. The topological polar surface area (TPSA) is 87.5 Å². The third kappa shape index (κ3) is 2.01. The van der Waals surface area contributed by atoms with Gasteiger partial charge < -0.3 is 5.11 Å². The number of aryl methyl sites for hydroxylation is 1. The summed E-state index contributed by atoms with van der Waals surface area (Å²) in [6, 6.07) is 1.26. The van der Waals surface area contributed by atoms with Crippen LogP contribution in [0.1, 0.15) is 12.0 Å². The van der Waals surface area contributed by atoms with Crippen LogP contribution in [0.5, 0.6) is 0 Å². The third-order valence-corrected chi connectivity index (χ3v) is 2.24. The first-order chi connectivity index (χ1) is 7.70. The second-order valence-corrected chi connectivity index (χ2v) is 3.46. The molecule has 2 rings (SSSR count). The first-order valence-electron chi connectivity index (χ1n) is 4.92. The molecule has 0 aliphatic rings. The number of hydrogen-bond acceptors (Lipinski definition) is 4. The maximum Gasteiger partial charge on any atom is 0.334 e. The van der Waals surface area contributed by atoms with Gasteiger partial charge in [-0.05, 0) is 18.4 Å². The maximum atomic E-state index is 11.4. The number of nitrogens with zero attached hydrogens (tertiary/aromatic N) is 2. The monoisotopic (exact) mass is 221 g/mol. The fourth-order valence-corrected chi connectivity index (χ4v) is 1.48. The molecular weight excluding hydrogens is 210 g/mol. The van der Waals surface area contributed by atoms with E-state index in [0.29, 0.717) is 18.5 Å². The van der Waals surface area contributed by atoms with Crippen LogP contribution >= 0.6 is 0 Å². The van der Waals surface area contributed by atoms with Crippen LogP contribution in [0.2, 0.25) is 0 Å². The first kappa shape index (κ1) is 10.6. The average molecular weight is 221 g/mol. The van der Waals surface area contributed by atoms with E-state index < -0.39 is 11.2 Å².